The van der Waals surface area contributed by atoms with Gasteiger partial charge < -0.3 is 0 Å². The van der Waals surface area contributed by atoms with Crippen LogP contribution in [0, 0.1) is 11.6 Å². The van der Waals surface area contributed by atoms with Crippen molar-refractivity contribution in [2.24, 2.45) is 0 Å². The van der Waals surface area contributed by atoms with Crippen LogP contribution in [0.15, 0.2) is 18.2 Å². The van der Waals surface area contributed by atoms with E-state index in [1.165, 1.54) is 12.1 Å². The van der Waals surface area contributed by atoms with Crippen LogP contribution in [0.3, 0.4) is 0 Å². The molecule has 1 aromatic carbocycles. The fraction of sp³-hybridized carbons (Fsp3) is 0.455. The van der Waals surface area contributed by atoms with Gasteiger partial charge in [-0.15, -0.1) is 0 Å². The molecule has 0 aliphatic rings. The summed E-state index contributed by atoms with van der Waals surface area (Å²) in [4.78, 5) is 0. The van der Waals surface area contributed by atoms with Gasteiger partial charge in [0.05, 0.1) is 7.85 Å². The standard InChI is InChI=1S/C11H13BF2/c1-3-11(12,4-2)8-5-9(13)7-10(14)6-8/h5-7H,3-4H2,1-2H3. The van der Waals surface area contributed by atoms with Crippen LogP contribution in [-0.4, -0.2) is 7.85 Å². The summed E-state index contributed by atoms with van der Waals surface area (Å²) in [6, 6.07) is 3.46. The van der Waals surface area contributed by atoms with Gasteiger partial charge in [0, 0.05) is 6.07 Å². The molecule has 0 unspecified atom stereocenters. The Balaban J connectivity index is 3.17. The predicted octanol–water partition coefficient (Wildman–Crippen LogP) is 3.15. The Morgan fingerprint density at radius 1 is 1.07 bits per heavy atom. The fourth-order valence-corrected chi connectivity index (χ4v) is 1.50. The largest absolute Gasteiger partial charge is 0.207 e. The third-order valence-electron chi connectivity index (χ3n) is 2.70. The summed E-state index contributed by atoms with van der Waals surface area (Å²) in [6.45, 7) is 3.82. The average Bonchev–Trinajstić information content (AvgIpc) is 2.15. The summed E-state index contributed by atoms with van der Waals surface area (Å²) < 4.78 is 25.9. The molecule has 0 fully saturated rings. The van der Waals surface area contributed by atoms with Gasteiger partial charge in [-0.2, -0.15) is 0 Å². The quantitative estimate of drug-likeness (QED) is 0.648. The van der Waals surface area contributed by atoms with Crippen molar-refractivity contribution in [2.45, 2.75) is 32.0 Å². The Kier molecular flexibility index (Phi) is 3.30. The minimum atomic E-state index is -0.622. The number of hydrogen-bond acceptors (Lipinski definition) is 0. The molecule has 1 aromatic rings. The van der Waals surface area contributed by atoms with E-state index >= 15 is 0 Å². The van der Waals surface area contributed by atoms with Crippen LogP contribution in [0.5, 0.6) is 0 Å². The first-order valence-electron chi connectivity index (χ1n) is 4.77. The Labute approximate surface area is 84.7 Å². The van der Waals surface area contributed by atoms with Crippen LogP contribution in [0.2, 0.25) is 0 Å². The highest BCUT2D eigenvalue weighted by molar-refractivity contribution is 6.15. The van der Waals surface area contributed by atoms with Crippen LogP contribution in [-0.2, 0) is 5.31 Å². The molecule has 0 aliphatic carbocycles. The SMILES string of the molecule is [B]C(CC)(CC)c1cc(F)cc(F)c1. The van der Waals surface area contributed by atoms with E-state index in [-0.39, 0.29) is 0 Å². The Morgan fingerprint density at radius 3 is 1.86 bits per heavy atom. The lowest BCUT2D eigenvalue weighted by Gasteiger charge is -2.27. The molecule has 1 rings (SSSR count). The molecule has 0 heterocycles. The van der Waals surface area contributed by atoms with Crippen molar-refractivity contribution < 1.29 is 8.78 Å². The summed E-state index contributed by atoms with van der Waals surface area (Å²) in [7, 11) is 6.02. The van der Waals surface area contributed by atoms with Crippen molar-refractivity contribution in [2.75, 3.05) is 0 Å². The smallest absolute Gasteiger partial charge is 0.126 e. The zero-order valence-corrected chi connectivity index (χ0v) is 8.48. The van der Waals surface area contributed by atoms with E-state index in [1.807, 2.05) is 13.8 Å². The second-order valence-corrected chi connectivity index (χ2v) is 3.52. The maximum absolute atomic E-state index is 12.9. The van der Waals surface area contributed by atoms with Crippen LogP contribution in [0.1, 0.15) is 32.3 Å². The highest BCUT2D eigenvalue weighted by Gasteiger charge is 2.22. The molecule has 74 valence electrons. The number of benzene rings is 1. The molecule has 0 spiro atoms. The first-order chi connectivity index (χ1) is 6.51. The van der Waals surface area contributed by atoms with E-state index in [0.29, 0.717) is 18.4 Å². The van der Waals surface area contributed by atoms with Gasteiger partial charge in [0.2, 0.25) is 0 Å². The van der Waals surface area contributed by atoms with Gasteiger partial charge in [0.25, 0.3) is 0 Å². The summed E-state index contributed by atoms with van der Waals surface area (Å²) in [5.41, 5.74) is 0.528. The lowest BCUT2D eigenvalue weighted by atomic mass is 9.61. The van der Waals surface area contributed by atoms with Crippen LogP contribution >= 0.6 is 0 Å². The van der Waals surface area contributed by atoms with E-state index in [9.17, 15) is 8.78 Å². The van der Waals surface area contributed by atoms with Gasteiger partial charge >= 0.3 is 0 Å². The van der Waals surface area contributed by atoms with E-state index in [4.69, 9.17) is 7.85 Å². The van der Waals surface area contributed by atoms with Crippen molar-refractivity contribution in [1.29, 1.82) is 0 Å². The number of hydrogen-bond donors (Lipinski definition) is 0. The molecule has 0 N–H and O–H groups in total. The normalized spacial score (nSPS) is 11.7. The molecule has 0 saturated carbocycles. The molecule has 0 aromatic heterocycles. The Bertz CT molecular complexity index is 299. The summed E-state index contributed by atoms with van der Waals surface area (Å²) in [5.74, 6) is -1.14. The molecule has 0 aliphatic heterocycles. The molecule has 0 atom stereocenters. The van der Waals surface area contributed by atoms with Crippen molar-refractivity contribution in [3.05, 3.63) is 35.4 Å². The monoisotopic (exact) mass is 194 g/mol. The van der Waals surface area contributed by atoms with Gasteiger partial charge in [-0.05, 0) is 23.0 Å². The van der Waals surface area contributed by atoms with Gasteiger partial charge in [-0.3, -0.25) is 0 Å². The summed E-state index contributed by atoms with van der Waals surface area (Å²) in [5, 5.41) is -0.622. The topological polar surface area (TPSA) is 0 Å². The first-order valence-corrected chi connectivity index (χ1v) is 4.77. The van der Waals surface area contributed by atoms with E-state index < -0.39 is 16.9 Å². The third-order valence-corrected chi connectivity index (χ3v) is 2.70. The minimum absolute atomic E-state index is 0.528. The number of rotatable bonds is 3. The van der Waals surface area contributed by atoms with Crippen LogP contribution in [0.25, 0.3) is 0 Å². The Morgan fingerprint density at radius 2 is 1.50 bits per heavy atom. The van der Waals surface area contributed by atoms with Crippen molar-refractivity contribution >= 4 is 7.85 Å². The van der Waals surface area contributed by atoms with Crippen LogP contribution in [0.4, 0.5) is 8.78 Å². The molecule has 2 radical (unpaired) electrons. The third kappa shape index (κ3) is 2.14. The Hall–Kier alpha value is -0.855. The van der Waals surface area contributed by atoms with Crippen molar-refractivity contribution in [1.82, 2.24) is 0 Å². The molecule has 3 heteroatoms. The lowest BCUT2D eigenvalue weighted by molar-refractivity contribution is 0.536. The van der Waals surface area contributed by atoms with Crippen molar-refractivity contribution in [3.8, 4) is 0 Å². The predicted molar refractivity (Wildman–Crippen MR) is 54.4 cm³/mol. The van der Waals surface area contributed by atoms with Gasteiger partial charge in [-0.1, -0.05) is 26.7 Å². The van der Waals surface area contributed by atoms with Crippen LogP contribution < -0.4 is 0 Å². The van der Waals surface area contributed by atoms with Gasteiger partial charge in [0.15, 0.2) is 0 Å². The number of halogens is 2. The van der Waals surface area contributed by atoms with Crippen molar-refractivity contribution in [3.63, 3.8) is 0 Å². The van der Waals surface area contributed by atoms with Gasteiger partial charge in [-0.25, -0.2) is 8.78 Å². The molecule has 14 heavy (non-hydrogen) atoms. The summed E-state index contributed by atoms with van der Waals surface area (Å²) in [6.07, 6.45) is 1.32. The maximum atomic E-state index is 12.9. The minimum Gasteiger partial charge on any atom is -0.207 e. The first kappa shape index (κ1) is 11.2. The second-order valence-electron chi connectivity index (χ2n) is 3.52. The van der Waals surface area contributed by atoms with Gasteiger partial charge in [0.1, 0.15) is 11.6 Å². The average molecular weight is 194 g/mol. The highest BCUT2D eigenvalue weighted by Crippen LogP contribution is 2.28. The maximum Gasteiger partial charge on any atom is 0.126 e. The van der Waals surface area contributed by atoms with E-state index in [0.717, 1.165) is 6.07 Å². The zero-order valence-electron chi connectivity index (χ0n) is 8.48. The fourth-order valence-electron chi connectivity index (χ4n) is 1.50. The van der Waals surface area contributed by atoms with E-state index in [1.54, 1.807) is 0 Å². The summed E-state index contributed by atoms with van der Waals surface area (Å²) >= 11 is 0. The molecule has 0 saturated heterocycles. The molecule has 0 bridgehead atoms. The second kappa shape index (κ2) is 4.12. The zero-order chi connectivity index (χ0) is 10.8. The highest BCUT2D eigenvalue weighted by atomic mass is 19.1. The molecular formula is C11H13BF2. The lowest BCUT2D eigenvalue weighted by Crippen LogP contribution is -2.24. The molecular weight excluding hydrogens is 181 g/mol. The molecule has 0 nitrogen and oxygen atoms in total. The van der Waals surface area contributed by atoms with E-state index in [2.05, 4.69) is 0 Å². The molecule has 0 amide bonds.